The minimum atomic E-state index is -0.526. The van der Waals surface area contributed by atoms with Crippen molar-refractivity contribution in [2.45, 2.75) is 0 Å². The normalized spacial score (nSPS) is 10.5. The van der Waals surface area contributed by atoms with E-state index >= 15 is 0 Å². The van der Waals surface area contributed by atoms with Crippen LogP contribution in [0, 0.1) is 0 Å². The molecule has 22 heavy (non-hydrogen) atoms. The monoisotopic (exact) mass is 300 g/mol. The molecule has 2 rings (SSSR count). The van der Waals surface area contributed by atoms with Crippen LogP contribution in [0.25, 0.3) is 12.2 Å². The molecular weight excluding hydrogens is 284 g/mol. The van der Waals surface area contributed by atoms with Crippen molar-refractivity contribution in [3.8, 4) is 11.6 Å². The van der Waals surface area contributed by atoms with Gasteiger partial charge in [0.2, 0.25) is 5.88 Å². The van der Waals surface area contributed by atoms with Gasteiger partial charge >= 0.3 is 5.97 Å². The number of aromatic nitrogens is 2. The first-order valence-electron chi connectivity index (χ1n) is 6.49. The number of hydrogen-bond donors (Lipinski definition) is 0. The van der Waals surface area contributed by atoms with Gasteiger partial charge in [-0.25, -0.2) is 9.78 Å². The van der Waals surface area contributed by atoms with Crippen LogP contribution in [0.1, 0.15) is 21.6 Å². The van der Waals surface area contributed by atoms with Crippen LogP contribution in [-0.2, 0) is 4.74 Å². The Morgan fingerprint density at radius 2 is 1.82 bits per heavy atom. The first kappa shape index (κ1) is 15.5. The van der Waals surface area contributed by atoms with Gasteiger partial charge in [0.1, 0.15) is 11.3 Å². The number of carbonyl (C=O) groups is 1. The van der Waals surface area contributed by atoms with Gasteiger partial charge in [0, 0.05) is 18.5 Å². The molecule has 0 unspecified atom stereocenters. The Kier molecular flexibility index (Phi) is 5.08. The highest BCUT2D eigenvalue weighted by Gasteiger charge is 2.20. The second-order valence-electron chi connectivity index (χ2n) is 4.23. The zero-order valence-corrected chi connectivity index (χ0v) is 12.6. The van der Waals surface area contributed by atoms with Gasteiger partial charge in [-0.15, -0.1) is 0 Å². The standard InChI is InChI=1S/C16H16N2O4/c1-20-13-10-14(21-2)18-12(15(13)16(19)22-3)5-4-11-6-8-17-9-7-11/h4-10H,1-3H3. The summed E-state index contributed by atoms with van der Waals surface area (Å²) < 4.78 is 15.2. The number of carbonyl (C=O) groups excluding carboxylic acids is 1. The molecule has 0 aromatic carbocycles. The van der Waals surface area contributed by atoms with Gasteiger partial charge in [-0.2, -0.15) is 0 Å². The first-order chi connectivity index (χ1) is 10.7. The summed E-state index contributed by atoms with van der Waals surface area (Å²) in [5.74, 6) is 0.161. The van der Waals surface area contributed by atoms with Crippen molar-refractivity contribution >= 4 is 18.1 Å². The summed E-state index contributed by atoms with van der Waals surface area (Å²) in [5, 5.41) is 0. The lowest BCUT2D eigenvalue weighted by Gasteiger charge is -2.11. The number of methoxy groups -OCH3 is 3. The molecule has 0 spiro atoms. The second kappa shape index (κ2) is 7.21. The average Bonchev–Trinajstić information content (AvgIpc) is 2.59. The minimum absolute atomic E-state index is 0.246. The van der Waals surface area contributed by atoms with Crippen molar-refractivity contribution in [1.29, 1.82) is 0 Å². The van der Waals surface area contributed by atoms with Gasteiger partial charge in [-0.1, -0.05) is 6.08 Å². The Balaban J connectivity index is 2.52. The molecule has 2 aromatic rings. The molecule has 0 saturated carbocycles. The fourth-order valence-electron chi connectivity index (χ4n) is 1.86. The highest BCUT2D eigenvalue weighted by Crippen LogP contribution is 2.27. The van der Waals surface area contributed by atoms with Gasteiger partial charge in [-0.3, -0.25) is 4.98 Å². The van der Waals surface area contributed by atoms with E-state index in [2.05, 4.69) is 9.97 Å². The Morgan fingerprint density at radius 3 is 2.41 bits per heavy atom. The number of hydrogen-bond acceptors (Lipinski definition) is 6. The van der Waals surface area contributed by atoms with Crippen molar-refractivity contribution in [3.63, 3.8) is 0 Å². The topological polar surface area (TPSA) is 70.5 Å². The maximum Gasteiger partial charge on any atom is 0.343 e. The SMILES string of the molecule is COC(=O)c1c(OC)cc(OC)nc1C=Cc1ccncc1. The summed E-state index contributed by atoms with van der Waals surface area (Å²) in [6.45, 7) is 0. The molecule has 0 radical (unpaired) electrons. The number of rotatable bonds is 5. The van der Waals surface area contributed by atoms with Gasteiger partial charge in [0.25, 0.3) is 0 Å². The van der Waals surface area contributed by atoms with E-state index in [1.807, 2.05) is 18.2 Å². The minimum Gasteiger partial charge on any atom is -0.496 e. The largest absolute Gasteiger partial charge is 0.496 e. The maximum absolute atomic E-state index is 12.0. The van der Waals surface area contributed by atoms with Crippen LogP contribution in [0.3, 0.4) is 0 Å². The maximum atomic E-state index is 12.0. The molecule has 0 aliphatic heterocycles. The fraction of sp³-hybridized carbons (Fsp3) is 0.188. The summed E-state index contributed by atoms with van der Waals surface area (Å²) in [5.41, 5.74) is 1.57. The van der Waals surface area contributed by atoms with Gasteiger partial charge in [0.05, 0.1) is 27.0 Å². The van der Waals surface area contributed by atoms with Crippen LogP contribution in [-0.4, -0.2) is 37.3 Å². The molecule has 0 aliphatic carbocycles. The van der Waals surface area contributed by atoms with Gasteiger partial charge in [0.15, 0.2) is 0 Å². The van der Waals surface area contributed by atoms with Gasteiger partial charge < -0.3 is 14.2 Å². The van der Waals surface area contributed by atoms with E-state index < -0.39 is 5.97 Å². The average molecular weight is 300 g/mol. The highest BCUT2D eigenvalue weighted by atomic mass is 16.5. The van der Waals surface area contributed by atoms with E-state index in [0.717, 1.165) is 5.56 Å². The predicted octanol–water partition coefficient (Wildman–Crippen LogP) is 2.45. The second-order valence-corrected chi connectivity index (χ2v) is 4.23. The fourth-order valence-corrected chi connectivity index (χ4v) is 1.86. The molecule has 0 saturated heterocycles. The van der Waals surface area contributed by atoms with E-state index in [1.54, 1.807) is 18.5 Å². The Morgan fingerprint density at radius 1 is 1.09 bits per heavy atom. The molecule has 0 atom stereocenters. The molecule has 114 valence electrons. The smallest absolute Gasteiger partial charge is 0.343 e. The summed E-state index contributed by atoms with van der Waals surface area (Å²) >= 11 is 0. The molecule has 0 N–H and O–H groups in total. The lowest BCUT2D eigenvalue weighted by molar-refractivity contribution is 0.0596. The van der Waals surface area contributed by atoms with Crippen LogP contribution in [0.15, 0.2) is 30.6 Å². The van der Waals surface area contributed by atoms with Crippen molar-refractivity contribution in [1.82, 2.24) is 9.97 Å². The molecular formula is C16H16N2O4. The zero-order chi connectivity index (χ0) is 15.9. The molecule has 2 aromatic heterocycles. The van der Waals surface area contributed by atoms with Crippen molar-refractivity contribution in [2.75, 3.05) is 21.3 Å². The number of esters is 1. The van der Waals surface area contributed by atoms with Crippen LogP contribution < -0.4 is 9.47 Å². The molecule has 0 aliphatic rings. The number of ether oxygens (including phenoxy) is 3. The lowest BCUT2D eigenvalue weighted by atomic mass is 10.1. The van der Waals surface area contributed by atoms with E-state index in [4.69, 9.17) is 14.2 Å². The van der Waals surface area contributed by atoms with E-state index in [1.165, 1.54) is 27.4 Å². The van der Waals surface area contributed by atoms with Crippen LogP contribution in [0.4, 0.5) is 0 Å². The third-order valence-corrected chi connectivity index (χ3v) is 2.95. The Bertz CT molecular complexity index is 684. The van der Waals surface area contributed by atoms with E-state index in [-0.39, 0.29) is 5.56 Å². The van der Waals surface area contributed by atoms with Crippen LogP contribution >= 0.6 is 0 Å². The van der Waals surface area contributed by atoms with Crippen LogP contribution in [0.2, 0.25) is 0 Å². The zero-order valence-electron chi connectivity index (χ0n) is 12.6. The van der Waals surface area contributed by atoms with Crippen molar-refractivity contribution < 1.29 is 19.0 Å². The summed E-state index contributed by atoms with van der Waals surface area (Å²) in [4.78, 5) is 20.2. The molecule has 0 amide bonds. The first-order valence-corrected chi connectivity index (χ1v) is 6.49. The molecule has 6 nitrogen and oxygen atoms in total. The number of pyridine rings is 2. The van der Waals surface area contributed by atoms with Crippen LogP contribution in [0.5, 0.6) is 11.6 Å². The third-order valence-electron chi connectivity index (χ3n) is 2.95. The Hall–Kier alpha value is -2.89. The summed E-state index contributed by atoms with van der Waals surface area (Å²) in [7, 11) is 4.27. The summed E-state index contributed by atoms with van der Waals surface area (Å²) in [6, 6.07) is 5.22. The van der Waals surface area contributed by atoms with Crippen molar-refractivity contribution in [3.05, 3.63) is 47.4 Å². The quantitative estimate of drug-likeness (QED) is 0.790. The molecule has 0 bridgehead atoms. The van der Waals surface area contributed by atoms with Gasteiger partial charge in [-0.05, 0) is 23.8 Å². The summed E-state index contributed by atoms with van der Waals surface area (Å²) in [6.07, 6.45) is 6.88. The third kappa shape index (κ3) is 3.41. The molecule has 0 fully saturated rings. The van der Waals surface area contributed by atoms with E-state index in [9.17, 15) is 4.79 Å². The predicted molar refractivity (Wildman–Crippen MR) is 81.8 cm³/mol. The Labute approximate surface area is 128 Å². The number of nitrogens with zero attached hydrogens (tertiary/aromatic N) is 2. The lowest BCUT2D eigenvalue weighted by Crippen LogP contribution is -2.09. The molecule has 2 heterocycles. The highest BCUT2D eigenvalue weighted by molar-refractivity contribution is 5.97. The van der Waals surface area contributed by atoms with Crippen molar-refractivity contribution in [2.24, 2.45) is 0 Å². The molecule has 6 heteroatoms. The van der Waals surface area contributed by atoms with E-state index in [0.29, 0.717) is 17.3 Å².